The van der Waals surface area contributed by atoms with Crippen LogP contribution >= 0.6 is 0 Å². The van der Waals surface area contributed by atoms with Gasteiger partial charge in [-0.2, -0.15) is 5.10 Å². The molecule has 3 aromatic rings. The molecule has 3 heterocycles. The summed E-state index contributed by atoms with van der Waals surface area (Å²) < 4.78 is 7.84. The Kier molecular flexibility index (Phi) is 10.4. The molecule has 1 fully saturated rings. The van der Waals surface area contributed by atoms with E-state index < -0.39 is 0 Å². The van der Waals surface area contributed by atoms with Crippen LogP contribution in [0.3, 0.4) is 0 Å². The number of hydrogen-bond donors (Lipinski definition) is 2. The third-order valence-electron chi connectivity index (χ3n) is 7.03. The van der Waals surface area contributed by atoms with Gasteiger partial charge in [0.15, 0.2) is 0 Å². The predicted molar refractivity (Wildman–Crippen MR) is 151 cm³/mol. The highest BCUT2D eigenvalue weighted by Gasteiger charge is 2.23. The first-order chi connectivity index (χ1) is 19.1. The van der Waals surface area contributed by atoms with E-state index in [4.69, 9.17) is 20.6 Å². The smallest absolute Gasteiger partial charge is 0.259 e. The van der Waals surface area contributed by atoms with E-state index in [9.17, 15) is 4.79 Å². The number of nitrogens with one attached hydrogen (secondary N) is 1. The van der Waals surface area contributed by atoms with Crippen LogP contribution in [0.1, 0.15) is 60.2 Å². The summed E-state index contributed by atoms with van der Waals surface area (Å²) in [6.45, 7) is 13.4. The van der Waals surface area contributed by atoms with Gasteiger partial charge in [-0.15, -0.1) is 0 Å². The molecule has 3 N–H and O–H groups in total. The lowest BCUT2D eigenvalue weighted by Gasteiger charge is -2.34. The van der Waals surface area contributed by atoms with Crippen LogP contribution in [0.2, 0.25) is 0 Å². The first-order valence-corrected chi connectivity index (χ1v) is 13.9. The van der Waals surface area contributed by atoms with Crippen molar-refractivity contribution in [1.82, 2.24) is 24.6 Å². The van der Waals surface area contributed by atoms with E-state index in [-0.39, 0.29) is 12.5 Å². The summed E-state index contributed by atoms with van der Waals surface area (Å²) in [4.78, 5) is 28.0. The number of carbonyl (C=O) groups excluding carboxylic acids is 1. The normalized spacial score (nSPS) is 14.5. The number of nitrogens with zero attached hydrogens (tertiary/aromatic N) is 5. The molecule has 10 heteroatoms. The second-order valence-electron chi connectivity index (χ2n) is 9.76. The molecular weight excluding hydrogens is 494 g/mol. The molecule has 39 heavy (non-hydrogen) atoms. The Hall–Kier alpha value is -3.31. The number of aromatic nitrogens is 3. The first kappa shape index (κ1) is 28.7. The lowest BCUT2D eigenvalue weighted by molar-refractivity contribution is 0.102. The van der Waals surface area contributed by atoms with Gasteiger partial charge in [-0.1, -0.05) is 32.9 Å². The molecule has 210 valence electrons. The van der Waals surface area contributed by atoms with Crippen molar-refractivity contribution in [3.8, 4) is 5.75 Å². The van der Waals surface area contributed by atoms with Gasteiger partial charge < -0.3 is 15.0 Å². The molecule has 0 aliphatic carbocycles. The quantitative estimate of drug-likeness (QED) is 0.320. The summed E-state index contributed by atoms with van der Waals surface area (Å²) >= 11 is 0. The Morgan fingerprint density at radius 1 is 1.05 bits per heavy atom. The molecule has 1 aliphatic rings. The Balaban J connectivity index is 1.60. The summed E-state index contributed by atoms with van der Waals surface area (Å²) in [5, 5.41) is 7.83. The molecule has 0 unspecified atom stereocenters. The zero-order valence-corrected chi connectivity index (χ0v) is 23.4. The van der Waals surface area contributed by atoms with Crippen molar-refractivity contribution in [2.75, 3.05) is 44.6 Å². The van der Waals surface area contributed by atoms with Gasteiger partial charge in [0.1, 0.15) is 18.1 Å². The average Bonchev–Trinajstić information content (AvgIpc) is 3.28. The highest BCUT2D eigenvalue weighted by atomic mass is 16.6. The third-order valence-corrected chi connectivity index (χ3v) is 7.03. The fourth-order valence-electron chi connectivity index (χ4n) is 4.90. The standard InChI is InChI=1S/C29H41N7O3/c1-4-17-38-27-11-10-22(19-35-15-13-34(6-3)14-16-35)18-24(27)29(37)32-28-25(21-39-30)33-36(26(28)5-2)20-23-9-7-8-12-31-23/h7-12,18H,4-6,13-17,19-21,30H2,1-3H3,(H,32,37). The number of rotatable bonds is 13. The number of benzene rings is 1. The van der Waals surface area contributed by atoms with Gasteiger partial charge in [0.2, 0.25) is 0 Å². The van der Waals surface area contributed by atoms with Crippen LogP contribution in [-0.2, 0) is 31.0 Å². The van der Waals surface area contributed by atoms with Crippen LogP contribution < -0.4 is 16.0 Å². The van der Waals surface area contributed by atoms with Crippen LogP contribution in [0, 0.1) is 0 Å². The summed E-state index contributed by atoms with van der Waals surface area (Å²) in [5.74, 6) is 5.76. The minimum atomic E-state index is -0.246. The van der Waals surface area contributed by atoms with Crippen molar-refractivity contribution in [2.24, 2.45) is 5.90 Å². The summed E-state index contributed by atoms with van der Waals surface area (Å²) in [7, 11) is 0. The molecule has 0 radical (unpaired) electrons. The van der Waals surface area contributed by atoms with Crippen molar-refractivity contribution in [2.45, 2.75) is 53.3 Å². The van der Waals surface area contributed by atoms with Gasteiger partial charge in [0.05, 0.1) is 35.8 Å². The minimum Gasteiger partial charge on any atom is -0.493 e. The fraction of sp³-hybridized carbons (Fsp3) is 0.483. The Morgan fingerprint density at radius 2 is 1.85 bits per heavy atom. The molecule has 0 saturated carbocycles. The van der Waals surface area contributed by atoms with Crippen molar-refractivity contribution in [3.63, 3.8) is 0 Å². The molecular formula is C29H41N7O3. The van der Waals surface area contributed by atoms with Crippen LogP contribution in [0.25, 0.3) is 0 Å². The topological polar surface area (TPSA) is 111 Å². The Bertz CT molecular complexity index is 1210. The van der Waals surface area contributed by atoms with Crippen molar-refractivity contribution in [1.29, 1.82) is 0 Å². The van der Waals surface area contributed by atoms with Gasteiger partial charge >= 0.3 is 0 Å². The summed E-state index contributed by atoms with van der Waals surface area (Å²) in [6.07, 6.45) is 3.26. The lowest BCUT2D eigenvalue weighted by atomic mass is 10.1. The fourth-order valence-corrected chi connectivity index (χ4v) is 4.90. The minimum absolute atomic E-state index is 0.0702. The number of hydrogen-bond acceptors (Lipinski definition) is 8. The van der Waals surface area contributed by atoms with Crippen LogP contribution in [0.15, 0.2) is 42.6 Å². The lowest BCUT2D eigenvalue weighted by Crippen LogP contribution is -2.45. The number of ether oxygens (including phenoxy) is 1. The molecule has 0 atom stereocenters. The maximum absolute atomic E-state index is 13.8. The van der Waals surface area contributed by atoms with Crippen LogP contribution in [0.5, 0.6) is 5.75 Å². The summed E-state index contributed by atoms with van der Waals surface area (Å²) in [6, 6.07) is 11.7. The van der Waals surface area contributed by atoms with Crippen LogP contribution in [-0.4, -0.2) is 69.8 Å². The Labute approximate surface area is 231 Å². The Morgan fingerprint density at radius 3 is 2.51 bits per heavy atom. The first-order valence-electron chi connectivity index (χ1n) is 13.9. The van der Waals surface area contributed by atoms with E-state index in [1.165, 1.54) is 0 Å². The maximum atomic E-state index is 13.8. The van der Waals surface area contributed by atoms with Crippen molar-refractivity contribution < 1.29 is 14.4 Å². The molecule has 1 saturated heterocycles. The second-order valence-corrected chi connectivity index (χ2v) is 9.76. The molecule has 1 aromatic carbocycles. The van der Waals surface area contributed by atoms with Gasteiger partial charge in [0.25, 0.3) is 5.91 Å². The van der Waals surface area contributed by atoms with E-state index >= 15 is 0 Å². The molecule has 2 aromatic heterocycles. The number of pyridine rings is 1. The predicted octanol–water partition coefficient (Wildman–Crippen LogP) is 3.46. The van der Waals surface area contributed by atoms with Gasteiger partial charge in [-0.3, -0.25) is 24.2 Å². The number of carbonyl (C=O) groups is 1. The largest absolute Gasteiger partial charge is 0.493 e. The number of likely N-dealkylation sites (N-methyl/N-ethyl adjacent to an activating group) is 1. The molecule has 0 bridgehead atoms. The SMILES string of the molecule is CCCOc1ccc(CN2CCN(CC)CC2)cc1C(=O)Nc1c(CON)nn(Cc2ccccn2)c1CC. The number of piperazine rings is 1. The second kappa shape index (κ2) is 14.2. The van der Waals surface area contributed by atoms with E-state index in [1.807, 2.05) is 48.9 Å². The monoisotopic (exact) mass is 535 g/mol. The number of amides is 1. The van der Waals surface area contributed by atoms with E-state index in [0.717, 1.165) is 62.6 Å². The maximum Gasteiger partial charge on any atom is 0.259 e. The number of nitrogens with two attached hydrogens (primary N) is 1. The highest BCUT2D eigenvalue weighted by Crippen LogP contribution is 2.27. The molecule has 4 rings (SSSR count). The van der Waals surface area contributed by atoms with Gasteiger partial charge in [0, 0.05) is 38.9 Å². The zero-order valence-electron chi connectivity index (χ0n) is 23.4. The van der Waals surface area contributed by atoms with Gasteiger partial charge in [-0.25, -0.2) is 5.90 Å². The van der Waals surface area contributed by atoms with Gasteiger partial charge in [-0.05, 0) is 49.2 Å². The number of anilines is 1. The molecule has 0 spiro atoms. The highest BCUT2D eigenvalue weighted by molar-refractivity contribution is 6.07. The van der Waals surface area contributed by atoms with Crippen LogP contribution in [0.4, 0.5) is 5.69 Å². The van der Waals surface area contributed by atoms with Crippen molar-refractivity contribution >= 4 is 11.6 Å². The molecule has 1 amide bonds. The molecule has 1 aliphatic heterocycles. The van der Waals surface area contributed by atoms with E-state index in [0.29, 0.717) is 42.3 Å². The van der Waals surface area contributed by atoms with E-state index in [1.54, 1.807) is 6.20 Å². The molecule has 10 nitrogen and oxygen atoms in total. The average molecular weight is 536 g/mol. The van der Waals surface area contributed by atoms with Crippen molar-refractivity contribution in [3.05, 3.63) is 70.8 Å². The third kappa shape index (κ3) is 7.42. The summed E-state index contributed by atoms with van der Waals surface area (Å²) in [5.41, 5.74) is 4.52. The van der Waals surface area contributed by atoms with E-state index in [2.05, 4.69) is 33.1 Å². The zero-order chi connectivity index (χ0) is 27.6.